The second-order valence-corrected chi connectivity index (χ2v) is 5.07. The highest BCUT2D eigenvalue weighted by atomic mass is 19.1. The lowest BCUT2D eigenvalue weighted by molar-refractivity contribution is -0.132. The van der Waals surface area contributed by atoms with Gasteiger partial charge in [-0.2, -0.15) is 0 Å². The number of pyridine rings is 1. The number of amides is 1. The van der Waals surface area contributed by atoms with E-state index in [-0.39, 0.29) is 18.9 Å². The zero-order valence-electron chi connectivity index (χ0n) is 11.0. The van der Waals surface area contributed by atoms with Crippen molar-refractivity contribution in [2.45, 2.75) is 32.3 Å². The van der Waals surface area contributed by atoms with Gasteiger partial charge in [0.2, 0.25) is 5.91 Å². The van der Waals surface area contributed by atoms with Gasteiger partial charge in [0.05, 0.1) is 11.8 Å². The highest BCUT2D eigenvalue weighted by Crippen LogP contribution is 2.08. The van der Waals surface area contributed by atoms with Crippen molar-refractivity contribution < 1.29 is 14.3 Å². The van der Waals surface area contributed by atoms with E-state index < -0.39 is 11.4 Å². The van der Waals surface area contributed by atoms with Crippen LogP contribution in [0.1, 0.15) is 25.8 Å². The minimum Gasteiger partial charge on any atom is -0.389 e. The zero-order chi connectivity index (χ0) is 13.8. The van der Waals surface area contributed by atoms with E-state index >= 15 is 0 Å². The lowest BCUT2D eigenvalue weighted by atomic mass is 10.1. The van der Waals surface area contributed by atoms with Crippen LogP contribution in [0.15, 0.2) is 18.5 Å². The number of aryl methyl sites for hydroxylation is 1. The molecule has 0 aliphatic rings. The third kappa shape index (κ3) is 5.23. The van der Waals surface area contributed by atoms with Crippen molar-refractivity contribution in [1.82, 2.24) is 9.88 Å². The quantitative estimate of drug-likeness (QED) is 0.863. The first-order chi connectivity index (χ1) is 8.28. The maximum Gasteiger partial charge on any atom is 0.222 e. The Balaban J connectivity index is 2.46. The molecule has 4 nitrogen and oxygen atoms in total. The molecular formula is C13H19FN2O2. The van der Waals surface area contributed by atoms with Crippen LogP contribution < -0.4 is 0 Å². The molecule has 0 aliphatic carbocycles. The molecule has 1 aromatic rings. The fourth-order valence-electron chi connectivity index (χ4n) is 1.70. The van der Waals surface area contributed by atoms with Crippen molar-refractivity contribution in [2.24, 2.45) is 0 Å². The van der Waals surface area contributed by atoms with Crippen LogP contribution >= 0.6 is 0 Å². The van der Waals surface area contributed by atoms with Gasteiger partial charge in [-0.1, -0.05) is 0 Å². The Labute approximate surface area is 106 Å². The Bertz CT molecular complexity index is 416. The Morgan fingerprint density at radius 2 is 2.17 bits per heavy atom. The summed E-state index contributed by atoms with van der Waals surface area (Å²) < 4.78 is 12.9. The first-order valence-corrected chi connectivity index (χ1v) is 5.84. The van der Waals surface area contributed by atoms with E-state index in [1.54, 1.807) is 27.1 Å². The second-order valence-electron chi connectivity index (χ2n) is 5.07. The lowest BCUT2D eigenvalue weighted by Crippen LogP contribution is -2.39. The number of rotatable bonds is 5. The number of hydrogen-bond acceptors (Lipinski definition) is 3. The van der Waals surface area contributed by atoms with Gasteiger partial charge in [0.15, 0.2) is 0 Å². The topological polar surface area (TPSA) is 53.4 Å². The van der Waals surface area contributed by atoms with E-state index in [4.69, 9.17) is 0 Å². The minimum absolute atomic E-state index is 0.0820. The SMILES string of the molecule is CN(CC(C)(C)O)C(=O)CCc1cncc(F)c1. The summed E-state index contributed by atoms with van der Waals surface area (Å²) in [4.78, 5) is 17.0. The van der Waals surface area contributed by atoms with E-state index in [1.165, 1.54) is 11.0 Å². The molecule has 1 rings (SSSR count). The maximum absolute atomic E-state index is 12.9. The third-order valence-corrected chi connectivity index (χ3v) is 2.44. The summed E-state index contributed by atoms with van der Waals surface area (Å²) in [6, 6.07) is 1.37. The predicted octanol–water partition coefficient (Wildman–Crippen LogP) is 1.38. The van der Waals surface area contributed by atoms with Crippen LogP contribution in [0, 0.1) is 5.82 Å². The molecule has 0 saturated carbocycles. The Kier molecular flexibility index (Phi) is 4.78. The average molecular weight is 254 g/mol. The minimum atomic E-state index is -0.912. The van der Waals surface area contributed by atoms with Crippen molar-refractivity contribution in [3.8, 4) is 0 Å². The molecule has 0 aliphatic heterocycles. The van der Waals surface area contributed by atoms with Crippen LogP contribution in [-0.2, 0) is 11.2 Å². The molecule has 100 valence electrons. The smallest absolute Gasteiger partial charge is 0.222 e. The lowest BCUT2D eigenvalue weighted by Gasteiger charge is -2.25. The zero-order valence-corrected chi connectivity index (χ0v) is 11.0. The number of carbonyl (C=O) groups excluding carboxylic acids is 1. The van der Waals surface area contributed by atoms with Crippen LogP contribution in [0.4, 0.5) is 4.39 Å². The number of aromatic nitrogens is 1. The Morgan fingerprint density at radius 3 is 2.72 bits per heavy atom. The first-order valence-electron chi connectivity index (χ1n) is 5.84. The van der Waals surface area contributed by atoms with Gasteiger partial charge in [-0.3, -0.25) is 9.78 Å². The van der Waals surface area contributed by atoms with E-state index in [9.17, 15) is 14.3 Å². The number of likely N-dealkylation sites (N-methyl/N-ethyl adjacent to an activating group) is 1. The number of nitrogens with zero attached hydrogens (tertiary/aromatic N) is 2. The van der Waals surface area contributed by atoms with Crippen LogP contribution in [0.3, 0.4) is 0 Å². The highest BCUT2D eigenvalue weighted by molar-refractivity contribution is 5.76. The first kappa shape index (κ1) is 14.6. The van der Waals surface area contributed by atoms with Crippen molar-refractivity contribution >= 4 is 5.91 Å². The maximum atomic E-state index is 12.9. The van der Waals surface area contributed by atoms with Gasteiger partial charge >= 0.3 is 0 Å². The fourth-order valence-corrected chi connectivity index (χ4v) is 1.70. The molecule has 1 amide bonds. The molecule has 1 N–H and O–H groups in total. The van der Waals surface area contributed by atoms with E-state index in [0.717, 1.165) is 6.20 Å². The van der Waals surface area contributed by atoms with Crippen molar-refractivity contribution in [2.75, 3.05) is 13.6 Å². The van der Waals surface area contributed by atoms with E-state index in [2.05, 4.69) is 4.98 Å². The average Bonchev–Trinajstić information content (AvgIpc) is 2.23. The van der Waals surface area contributed by atoms with Gasteiger partial charge in [0.25, 0.3) is 0 Å². The summed E-state index contributed by atoms with van der Waals surface area (Å²) in [5, 5.41) is 9.61. The fraction of sp³-hybridized carbons (Fsp3) is 0.538. The summed E-state index contributed by atoms with van der Waals surface area (Å²) in [6.45, 7) is 3.56. The summed E-state index contributed by atoms with van der Waals surface area (Å²) >= 11 is 0. The van der Waals surface area contributed by atoms with Gasteiger partial charge in [0, 0.05) is 26.2 Å². The van der Waals surface area contributed by atoms with Gasteiger partial charge in [-0.15, -0.1) is 0 Å². The number of aliphatic hydroxyl groups is 1. The molecule has 0 spiro atoms. The number of carbonyl (C=O) groups is 1. The van der Waals surface area contributed by atoms with Gasteiger partial charge in [0.1, 0.15) is 5.82 Å². The molecule has 5 heteroatoms. The summed E-state index contributed by atoms with van der Waals surface area (Å²) in [5.41, 5.74) is -0.217. The summed E-state index contributed by atoms with van der Waals surface area (Å²) in [6.07, 6.45) is 3.40. The monoisotopic (exact) mass is 254 g/mol. The molecule has 0 bridgehead atoms. The molecule has 0 radical (unpaired) electrons. The van der Waals surface area contributed by atoms with Crippen molar-refractivity contribution in [3.63, 3.8) is 0 Å². The summed E-state index contributed by atoms with van der Waals surface area (Å²) in [7, 11) is 1.64. The largest absolute Gasteiger partial charge is 0.389 e. The van der Waals surface area contributed by atoms with Crippen molar-refractivity contribution in [1.29, 1.82) is 0 Å². The van der Waals surface area contributed by atoms with Gasteiger partial charge in [-0.05, 0) is 31.9 Å². The summed E-state index contributed by atoms with van der Waals surface area (Å²) in [5.74, 6) is -0.480. The predicted molar refractivity (Wildman–Crippen MR) is 66.5 cm³/mol. The Hall–Kier alpha value is -1.49. The number of hydrogen-bond donors (Lipinski definition) is 1. The number of halogens is 1. The molecule has 1 heterocycles. The molecule has 18 heavy (non-hydrogen) atoms. The molecular weight excluding hydrogens is 235 g/mol. The Morgan fingerprint density at radius 1 is 1.50 bits per heavy atom. The molecule has 1 aromatic heterocycles. The van der Waals surface area contributed by atoms with Crippen LogP contribution in [-0.4, -0.2) is 40.1 Å². The van der Waals surface area contributed by atoms with Gasteiger partial charge in [-0.25, -0.2) is 4.39 Å². The van der Waals surface area contributed by atoms with Crippen LogP contribution in [0.25, 0.3) is 0 Å². The van der Waals surface area contributed by atoms with Gasteiger partial charge < -0.3 is 10.0 Å². The normalized spacial score (nSPS) is 11.4. The molecule has 0 saturated heterocycles. The molecule has 0 atom stereocenters. The highest BCUT2D eigenvalue weighted by Gasteiger charge is 2.19. The van der Waals surface area contributed by atoms with E-state index in [1.807, 2.05) is 0 Å². The van der Waals surface area contributed by atoms with E-state index in [0.29, 0.717) is 12.0 Å². The van der Waals surface area contributed by atoms with Crippen molar-refractivity contribution in [3.05, 3.63) is 29.8 Å². The van der Waals surface area contributed by atoms with Crippen LogP contribution in [0.5, 0.6) is 0 Å². The second kappa shape index (κ2) is 5.91. The molecule has 0 fully saturated rings. The van der Waals surface area contributed by atoms with Crippen LogP contribution in [0.2, 0.25) is 0 Å². The third-order valence-electron chi connectivity index (χ3n) is 2.44. The molecule has 0 aromatic carbocycles. The molecule has 0 unspecified atom stereocenters. The standard InChI is InChI=1S/C13H19FN2O2/c1-13(2,18)9-16(3)12(17)5-4-10-6-11(14)8-15-7-10/h6-8,18H,4-5,9H2,1-3H3.